The molecule has 2 aromatic carbocycles. The van der Waals surface area contributed by atoms with Crippen LogP contribution in [0.4, 0.5) is 0 Å². The summed E-state index contributed by atoms with van der Waals surface area (Å²) in [6.45, 7) is 2.51. The van der Waals surface area contributed by atoms with Gasteiger partial charge >= 0.3 is 5.97 Å². The molecule has 126 valence electrons. The van der Waals surface area contributed by atoms with Gasteiger partial charge in [0.1, 0.15) is 6.61 Å². The molecule has 0 amide bonds. The van der Waals surface area contributed by atoms with Gasteiger partial charge in [-0.05, 0) is 30.9 Å². The predicted molar refractivity (Wildman–Crippen MR) is 95.4 cm³/mol. The fourth-order valence-corrected chi connectivity index (χ4v) is 3.44. The van der Waals surface area contributed by atoms with Crippen molar-refractivity contribution in [1.29, 1.82) is 0 Å². The van der Waals surface area contributed by atoms with Crippen LogP contribution in [0.25, 0.3) is 0 Å². The van der Waals surface area contributed by atoms with E-state index in [4.69, 9.17) is 4.74 Å². The smallest absolute Gasteiger partial charge is 0.310 e. The Kier molecular flexibility index (Phi) is 5.65. The van der Waals surface area contributed by atoms with E-state index in [1.54, 1.807) is 0 Å². The van der Waals surface area contributed by atoms with Gasteiger partial charge in [0.2, 0.25) is 0 Å². The van der Waals surface area contributed by atoms with Crippen LogP contribution in [0.2, 0.25) is 0 Å². The monoisotopic (exact) mass is 323 g/mol. The Balaban J connectivity index is 1.55. The zero-order chi connectivity index (χ0) is 16.8. The van der Waals surface area contributed by atoms with Gasteiger partial charge in [-0.2, -0.15) is 0 Å². The summed E-state index contributed by atoms with van der Waals surface area (Å²) in [4.78, 5) is 12.5. The molecule has 0 unspecified atom stereocenters. The normalized spacial score (nSPS) is 21.4. The van der Waals surface area contributed by atoms with Crippen LogP contribution in [0.1, 0.15) is 43.4 Å². The van der Waals surface area contributed by atoms with Crippen molar-refractivity contribution in [2.75, 3.05) is 0 Å². The quantitative estimate of drug-likeness (QED) is 0.808. The molecule has 0 heterocycles. The number of ether oxygens (including phenoxy) is 1. The van der Waals surface area contributed by atoms with Gasteiger partial charge in [-0.3, -0.25) is 4.79 Å². The lowest BCUT2D eigenvalue weighted by Gasteiger charge is -2.24. The highest BCUT2D eigenvalue weighted by Crippen LogP contribution is 2.29. The topological polar surface area (TPSA) is 38.3 Å². The second-order valence-corrected chi connectivity index (χ2v) is 6.54. The first-order chi connectivity index (χ1) is 11.7. The molecule has 1 fully saturated rings. The number of carbonyl (C=O) groups is 1. The third kappa shape index (κ3) is 4.24. The van der Waals surface area contributed by atoms with Crippen LogP contribution in [0, 0.1) is 5.92 Å². The van der Waals surface area contributed by atoms with E-state index in [2.05, 4.69) is 24.4 Å². The Morgan fingerprint density at radius 1 is 1.08 bits per heavy atom. The van der Waals surface area contributed by atoms with Gasteiger partial charge in [-0.1, -0.05) is 67.1 Å². The maximum Gasteiger partial charge on any atom is 0.310 e. The molecule has 0 aliphatic heterocycles. The fourth-order valence-electron chi connectivity index (χ4n) is 3.44. The molecule has 1 aliphatic carbocycles. The summed E-state index contributed by atoms with van der Waals surface area (Å²) < 4.78 is 5.55. The van der Waals surface area contributed by atoms with Gasteiger partial charge in [0.25, 0.3) is 0 Å². The molecule has 3 heteroatoms. The van der Waals surface area contributed by atoms with Crippen LogP contribution in [0.5, 0.6) is 0 Å². The molecule has 3 atom stereocenters. The molecule has 1 aliphatic rings. The average Bonchev–Trinajstić information content (AvgIpc) is 3.09. The molecular weight excluding hydrogens is 298 g/mol. The van der Waals surface area contributed by atoms with E-state index >= 15 is 0 Å². The second kappa shape index (κ2) is 8.11. The molecule has 24 heavy (non-hydrogen) atoms. The zero-order valence-corrected chi connectivity index (χ0v) is 14.2. The number of hydrogen-bond donors (Lipinski definition) is 1. The molecule has 0 radical (unpaired) electrons. The molecular formula is C21H25NO2. The highest BCUT2D eigenvalue weighted by molar-refractivity contribution is 5.73. The van der Waals surface area contributed by atoms with Crippen LogP contribution >= 0.6 is 0 Å². The molecule has 3 rings (SSSR count). The van der Waals surface area contributed by atoms with Gasteiger partial charge in [0.15, 0.2) is 0 Å². The lowest BCUT2D eigenvalue weighted by molar-refractivity contribution is -0.150. The molecule has 1 saturated carbocycles. The minimum Gasteiger partial charge on any atom is -0.461 e. The minimum atomic E-state index is -0.0749. The van der Waals surface area contributed by atoms with Crippen LogP contribution in [-0.4, -0.2) is 12.0 Å². The van der Waals surface area contributed by atoms with Gasteiger partial charge < -0.3 is 10.1 Å². The Bertz CT molecular complexity index is 641. The third-order valence-electron chi connectivity index (χ3n) is 4.81. The summed E-state index contributed by atoms with van der Waals surface area (Å²) in [6, 6.07) is 20.6. The molecule has 0 spiro atoms. The minimum absolute atomic E-state index is 0.0418. The first-order valence-corrected chi connectivity index (χ1v) is 8.75. The highest BCUT2D eigenvalue weighted by Gasteiger charge is 2.34. The SMILES string of the molecule is C[C@@H](N[C@H]1CCC[C@H]1C(=O)OCc1ccccc1)c1ccccc1. The van der Waals surface area contributed by atoms with Crippen molar-refractivity contribution in [2.45, 2.75) is 44.9 Å². The third-order valence-corrected chi connectivity index (χ3v) is 4.81. The first-order valence-electron chi connectivity index (χ1n) is 8.75. The number of carbonyl (C=O) groups excluding carboxylic acids is 1. The van der Waals surface area contributed by atoms with Crippen molar-refractivity contribution < 1.29 is 9.53 Å². The van der Waals surface area contributed by atoms with Gasteiger partial charge in [0.05, 0.1) is 5.92 Å². The lowest BCUT2D eigenvalue weighted by atomic mass is 10.0. The summed E-state index contributed by atoms with van der Waals surface area (Å²) in [7, 11) is 0. The predicted octanol–water partition coefficient (Wildman–Crippen LogP) is 4.25. The second-order valence-electron chi connectivity index (χ2n) is 6.54. The van der Waals surface area contributed by atoms with Crippen molar-refractivity contribution in [3.63, 3.8) is 0 Å². The van der Waals surface area contributed by atoms with Crippen molar-refractivity contribution >= 4 is 5.97 Å². The summed E-state index contributed by atoms with van der Waals surface area (Å²) >= 11 is 0. The highest BCUT2D eigenvalue weighted by atomic mass is 16.5. The van der Waals surface area contributed by atoms with Crippen LogP contribution in [-0.2, 0) is 16.1 Å². The summed E-state index contributed by atoms with van der Waals surface area (Å²) in [5.74, 6) is -0.117. The average molecular weight is 323 g/mol. The summed E-state index contributed by atoms with van der Waals surface area (Å²) in [6.07, 6.45) is 3.01. The lowest BCUT2D eigenvalue weighted by Crippen LogP contribution is -2.38. The molecule has 0 bridgehead atoms. The van der Waals surface area contributed by atoms with Crippen molar-refractivity contribution in [1.82, 2.24) is 5.32 Å². The molecule has 3 nitrogen and oxygen atoms in total. The molecule has 2 aromatic rings. The largest absolute Gasteiger partial charge is 0.461 e. The van der Waals surface area contributed by atoms with Crippen LogP contribution < -0.4 is 5.32 Å². The zero-order valence-electron chi connectivity index (χ0n) is 14.2. The van der Waals surface area contributed by atoms with Crippen LogP contribution in [0.3, 0.4) is 0 Å². The number of hydrogen-bond acceptors (Lipinski definition) is 3. The maximum absolute atomic E-state index is 12.5. The van der Waals surface area contributed by atoms with E-state index in [-0.39, 0.29) is 24.0 Å². The molecule has 0 saturated heterocycles. The number of esters is 1. The Morgan fingerprint density at radius 3 is 2.46 bits per heavy atom. The maximum atomic E-state index is 12.5. The Labute approximate surface area is 144 Å². The Hall–Kier alpha value is -2.13. The fraction of sp³-hybridized carbons (Fsp3) is 0.381. The van der Waals surface area contributed by atoms with E-state index in [0.29, 0.717) is 6.61 Å². The summed E-state index contributed by atoms with van der Waals surface area (Å²) in [5.41, 5.74) is 2.28. The van der Waals surface area contributed by atoms with Crippen molar-refractivity contribution in [3.05, 3.63) is 71.8 Å². The van der Waals surface area contributed by atoms with Crippen molar-refractivity contribution in [2.24, 2.45) is 5.92 Å². The number of nitrogens with one attached hydrogen (secondary N) is 1. The van der Waals surface area contributed by atoms with Crippen LogP contribution in [0.15, 0.2) is 60.7 Å². The van der Waals surface area contributed by atoms with E-state index in [1.165, 1.54) is 5.56 Å². The summed E-state index contributed by atoms with van der Waals surface area (Å²) in [5, 5.41) is 3.62. The van der Waals surface area contributed by atoms with Crippen molar-refractivity contribution in [3.8, 4) is 0 Å². The first kappa shape index (κ1) is 16.7. The Morgan fingerprint density at radius 2 is 1.75 bits per heavy atom. The molecule has 0 aromatic heterocycles. The van der Waals surface area contributed by atoms with E-state index in [9.17, 15) is 4.79 Å². The van der Waals surface area contributed by atoms with E-state index in [0.717, 1.165) is 24.8 Å². The van der Waals surface area contributed by atoms with Gasteiger partial charge in [-0.25, -0.2) is 0 Å². The number of benzene rings is 2. The van der Waals surface area contributed by atoms with E-state index in [1.807, 2.05) is 48.5 Å². The number of rotatable bonds is 6. The van der Waals surface area contributed by atoms with Gasteiger partial charge in [-0.15, -0.1) is 0 Å². The van der Waals surface area contributed by atoms with Gasteiger partial charge in [0, 0.05) is 12.1 Å². The molecule has 1 N–H and O–H groups in total. The standard InChI is InChI=1S/C21H25NO2/c1-16(18-11-6-3-7-12-18)22-20-14-8-13-19(20)21(23)24-15-17-9-4-2-5-10-17/h2-7,9-12,16,19-20,22H,8,13-15H2,1H3/t16-,19-,20+/m1/s1. The van der Waals surface area contributed by atoms with E-state index < -0.39 is 0 Å².